The molecule has 0 aliphatic heterocycles. The molecule has 1 aromatic carbocycles. The van der Waals surface area contributed by atoms with Gasteiger partial charge in [0.25, 0.3) is 0 Å². The van der Waals surface area contributed by atoms with E-state index in [4.69, 9.17) is 11.6 Å². The van der Waals surface area contributed by atoms with Crippen LogP contribution in [0.5, 0.6) is 0 Å². The number of pyridine rings is 1. The third-order valence-corrected chi connectivity index (χ3v) is 5.54. The average molecular weight is 369 g/mol. The van der Waals surface area contributed by atoms with E-state index in [0.29, 0.717) is 5.15 Å². The van der Waals surface area contributed by atoms with E-state index in [1.807, 2.05) is 12.3 Å². The standard InChI is InChI=1S/C19H17ClN4S/c1-12-4-6-13(7-5-12)10-23-19-24-17(20)16(25-19)9-14-11-22-18-15(14)3-2-8-21-18/h2-8,11H,9-10H2,1H3,(H,21,22)(H,23,24). The van der Waals surface area contributed by atoms with Gasteiger partial charge in [-0.2, -0.15) is 0 Å². The van der Waals surface area contributed by atoms with Crippen LogP contribution in [0.2, 0.25) is 5.15 Å². The highest BCUT2D eigenvalue weighted by Gasteiger charge is 2.12. The van der Waals surface area contributed by atoms with Crippen molar-refractivity contribution in [3.63, 3.8) is 0 Å². The first-order chi connectivity index (χ1) is 12.2. The number of fused-ring (bicyclic) bond motifs is 1. The number of aromatic nitrogens is 3. The predicted octanol–water partition coefficient (Wildman–Crippen LogP) is 5.18. The predicted molar refractivity (Wildman–Crippen MR) is 105 cm³/mol. The molecule has 6 heteroatoms. The molecule has 0 atom stereocenters. The maximum atomic E-state index is 6.35. The number of hydrogen-bond donors (Lipinski definition) is 2. The fourth-order valence-corrected chi connectivity index (χ4v) is 3.92. The average Bonchev–Trinajstić information content (AvgIpc) is 3.19. The van der Waals surface area contributed by atoms with Gasteiger partial charge in [-0.1, -0.05) is 41.4 Å². The second-order valence-corrected chi connectivity index (χ2v) is 7.40. The van der Waals surface area contributed by atoms with Crippen LogP contribution < -0.4 is 5.32 Å². The van der Waals surface area contributed by atoms with E-state index in [0.717, 1.165) is 34.0 Å². The SMILES string of the molecule is Cc1ccc(CNc2nc(Cl)c(Cc3c[nH]c4ncccc34)s2)cc1. The summed E-state index contributed by atoms with van der Waals surface area (Å²) in [7, 11) is 0. The number of hydrogen-bond acceptors (Lipinski definition) is 4. The van der Waals surface area contributed by atoms with Crippen LogP contribution in [-0.2, 0) is 13.0 Å². The van der Waals surface area contributed by atoms with E-state index >= 15 is 0 Å². The van der Waals surface area contributed by atoms with Crippen LogP contribution in [0.25, 0.3) is 11.0 Å². The monoisotopic (exact) mass is 368 g/mol. The van der Waals surface area contributed by atoms with E-state index in [9.17, 15) is 0 Å². The minimum Gasteiger partial charge on any atom is -0.357 e. The fraction of sp³-hybridized carbons (Fsp3) is 0.158. The van der Waals surface area contributed by atoms with Gasteiger partial charge in [0.05, 0.1) is 4.88 Å². The number of nitrogens with zero attached hydrogens (tertiary/aromatic N) is 2. The Hall–Kier alpha value is -2.37. The molecule has 0 spiro atoms. The number of aryl methyl sites for hydroxylation is 1. The molecule has 0 aliphatic rings. The molecule has 4 rings (SSSR count). The Morgan fingerprint density at radius 2 is 2.04 bits per heavy atom. The van der Waals surface area contributed by atoms with E-state index in [1.165, 1.54) is 16.7 Å². The maximum absolute atomic E-state index is 6.35. The summed E-state index contributed by atoms with van der Waals surface area (Å²) in [6.07, 6.45) is 4.52. The number of H-pyrrole nitrogens is 1. The van der Waals surface area contributed by atoms with Gasteiger partial charge < -0.3 is 10.3 Å². The minimum absolute atomic E-state index is 0.564. The zero-order chi connectivity index (χ0) is 17.2. The Labute approximate surface area is 154 Å². The number of anilines is 1. The molecule has 4 aromatic rings. The van der Waals surface area contributed by atoms with Gasteiger partial charge in [0.2, 0.25) is 0 Å². The van der Waals surface area contributed by atoms with Crippen molar-refractivity contribution in [1.29, 1.82) is 0 Å². The van der Waals surface area contributed by atoms with Gasteiger partial charge in [-0.3, -0.25) is 0 Å². The molecule has 3 aromatic heterocycles. The van der Waals surface area contributed by atoms with Gasteiger partial charge >= 0.3 is 0 Å². The lowest BCUT2D eigenvalue weighted by atomic mass is 10.1. The fourth-order valence-electron chi connectivity index (χ4n) is 2.73. The highest BCUT2D eigenvalue weighted by atomic mass is 35.5. The minimum atomic E-state index is 0.564. The van der Waals surface area contributed by atoms with Crippen LogP contribution in [0, 0.1) is 6.92 Å². The molecule has 0 unspecified atom stereocenters. The second kappa shape index (κ2) is 6.86. The lowest BCUT2D eigenvalue weighted by Gasteiger charge is -2.03. The lowest BCUT2D eigenvalue weighted by molar-refractivity contribution is 1.13. The van der Waals surface area contributed by atoms with Gasteiger partial charge in [-0.15, -0.1) is 11.3 Å². The summed E-state index contributed by atoms with van der Waals surface area (Å²) in [6.45, 7) is 2.82. The van der Waals surface area contributed by atoms with Crippen LogP contribution in [0.15, 0.2) is 48.8 Å². The molecule has 25 heavy (non-hydrogen) atoms. The summed E-state index contributed by atoms with van der Waals surface area (Å²) >= 11 is 7.95. The van der Waals surface area contributed by atoms with Gasteiger partial charge in [0.1, 0.15) is 10.8 Å². The van der Waals surface area contributed by atoms with Crippen LogP contribution in [0.1, 0.15) is 21.6 Å². The van der Waals surface area contributed by atoms with Gasteiger partial charge in [-0.25, -0.2) is 9.97 Å². The van der Waals surface area contributed by atoms with Crippen LogP contribution in [0.3, 0.4) is 0 Å². The summed E-state index contributed by atoms with van der Waals surface area (Å²) in [6, 6.07) is 12.5. The molecule has 4 nitrogen and oxygen atoms in total. The van der Waals surface area contributed by atoms with Crippen molar-refractivity contribution in [2.75, 3.05) is 5.32 Å². The zero-order valence-corrected chi connectivity index (χ0v) is 15.3. The maximum Gasteiger partial charge on any atom is 0.184 e. The summed E-state index contributed by atoms with van der Waals surface area (Å²) < 4.78 is 0. The number of halogens is 1. The first-order valence-corrected chi connectivity index (χ1v) is 9.24. The Morgan fingerprint density at radius 1 is 1.20 bits per heavy atom. The van der Waals surface area contributed by atoms with Crippen molar-refractivity contribution in [3.8, 4) is 0 Å². The number of thiazole rings is 1. The molecule has 0 amide bonds. The van der Waals surface area contributed by atoms with Crippen molar-refractivity contribution in [3.05, 3.63) is 75.5 Å². The molecule has 0 bridgehead atoms. The Balaban J connectivity index is 1.49. The molecule has 0 saturated carbocycles. The highest BCUT2D eigenvalue weighted by Crippen LogP contribution is 2.31. The van der Waals surface area contributed by atoms with Crippen molar-refractivity contribution in [1.82, 2.24) is 15.0 Å². The van der Waals surface area contributed by atoms with Crippen molar-refractivity contribution in [2.45, 2.75) is 19.9 Å². The molecular weight excluding hydrogens is 352 g/mol. The third-order valence-electron chi connectivity index (χ3n) is 4.10. The molecule has 3 heterocycles. The summed E-state index contributed by atoms with van der Waals surface area (Å²) in [5.41, 5.74) is 4.56. The molecular formula is C19H17ClN4S. The Morgan fingerprint density at radius 3 is 2.88 bits per heavy atom. The molecule has 0 aliphatic carbocycles. The molecule has 0 fully saturated rings. The smallest absolute Gasteiger partial charge is 0.184 e. The third kappa shape index (κ3) is 3.52. The largest absolute Gasteiger partial charge is 0.357 e. The number of aromatic amines is 1. The van der Waals surface area contributed by atoms with Crippen LogP contribution in [-0.4, -0.2) is 15.0 Å². The topological polar surface area (TPSA) is 53.6 Å². The summed E-state index contributed by atoms with van der Waals surface area (Å²) in [5.74, 6) is 0. The summed E-state index contributed by atoms with van der Waals surface area (Å²) in [4.78, 5) is 13.0. The second-order valence-electron chi connectivity index (χ2n) is 5.96. The van der Waals surface area contributed by atoms with E-state index in [-0.39, 0.29) is 0 Å². The number of nitrogens with one attached hydrogen (secondary N) is 2. The first-order valence-electron chi connectivity index (χ1n) is 8.04. The van der Waals surface area contributed by atoms with E-state index in [2.05, 4.69) is 57.5 Å². The van der Waals surface area contributed by atoms with Crippen molar-refractivity contribution < 1.29 is 0 Å². The van der Waals surface area contributed by atoms with Crippen molar-refractivity contribution >= 4 is 39.1 Å². The van der Waals surface area contributed by atoms with Crippen molar-refractivity contribution in [2.24, 2.45) is 0 Å². The van der Waals surface area contributed by atoms with Crippen LogP contribution >= 0.6 is 22.9 Å². The lowest BCUT2D eigenvalue weighted by Crippen LogP contribution is -1.98. The Kier molecular flexibility index (Phi) is 4.42. The Bertz CT molecular complexity index is 1000. The van der Waals surface area contributed by atoms with Gasteiger partial charge in [0, 0.05) is 30.7 Å². The molecule has 0 saturated heterocycles. The molecule has 126 valence electrons. The van der Waals surface area contributed by atoms with Gasteiger partial charge in [-0.05, 0) is 30.2 Å². The highest BCUT2D eigenvalue weighted by molar-refractivity contribution is 7.16. The van der Waals surface area contributed by atoms with Crippen LogP contribution in [0.4, 0.5) is 5.13 Å². The van der Waals surface area contributed by atoms with E-state index < -0.39 is 0 Å². The molecule has 2 N–H and O–H groups in total. The molecule has 0 radical (unpaired) electrons. The number of rotatable bonds is 5. The zero-order valence-electron chi connectivity index (χ0n) is 13.7. The summed E-state index contributed by atoms with van der Waals surface area (Å²) in [5, 5.41) is 5.90. The van der Waals surface area contributed by atoms with Gasteiger partial charge in [0.15, 0.2) is 5.13 Å². The quantitative estimate of drug-likeness (QED) is 0.510. The first kappa shape index (κ1) is 16.1. The van der Waals surface area contributed by atoms with E-state index in [1.54, 1.807) is 17.5 Å². The number of benzene rings is 1. The normalized spacial score (nSPS) is 11.1.